The number of carboxylic acids is 1. The molecule has 1 aliphatic rings. The maximum absolute atomic E-state index is 14.0. The van der Waals surface area contributed by atoms with E-state index in [-0.39, 0.29) is 5.57 Å². The van der Waals surface area contributed by atoms with Crippen LogP contribution in [0.2, 0.25) is 0 Å². The topological polar surface area (TPSA) is 89.9 Å². The highest BCUT2D eigenvalue weighted by Gasteiger charge is 2.38. The van der Waals surface area contributed by atoms with Crippen molar-refractivity contribution in [2.75, 3.05) is 0 Å². The van der Waals surface area contributed by atoms with Gasteiger partial charge in [-0.2, -0.15) is 0 Å². The summed E-state index contributed by atoms with van der Waals surface area (Å²) in [5.41, 5.74) is 0.610. The zero-order valence-electron chi connectivity index (χ0n) is 14.5. The van der Waals surface area contributed by atoms with Crippen molar-refractivity contribution in [1.29, 1.82) is 0 Å². The number of aromatic carboxylic acids is 1. The summed E-state index contributed by atoms with van der Waals surface area (Å²) in [7, 11) is 0. The van der Waals surface area contributed by atoms with Crippen LogP contribution < -0.4 is 0 Å². The number of cyclic esters (lactones) is 2. The van der Waals surface area contributed by atoms with E-state index in [1.54, 1.807) is 24.3 Å². The van der Waals surface area contributed by atoms with E-state index < -0.39 is 35.1 Å². The molecule has 138 valence electrons. The third kappa shape index (κ3) is 3.72. The van der Waals surface area contributed by atoms with Gasteiger partial charge in [-0.05, 0) is 34.9 Å². The molecular formula is C20H15FO6. The van der Waals surface area contributed by atoms with Crippen molar-refractivity contribution in [3.63, 3.8) is 0 Å². The van der Waals surface area contributed by atoms with Crippen LogP contribution >= 0.6 is 0 Å². The lowest BCUT2D eigenvalue weighted by Crippen LogP contribution is -2.41. The Morgan fingerprint density at radius 1 is 1.07 bits per heavy atom. The zero-order chi connectivity index (χ0) is 19.8. The highest BCUT2D eigenvalue weighted by Crippen LogP contribution is 2.29. The number of hydrogen-bond donors (Lipinski definition) is 1. The van der Waals surface area contributed by atoms with Gasteiger partial charge in [-0.15, -0.1) is 0 Å². The summed E-state index contributed by atoms with van der Waals surface area (Å²) in [6, 6.07) is 10.4. The van der Waals surface area contributed by atoms with Crippen molar-refractivity contribution in [3.8, 4) is 11.1 Å². The molecule has 6 nitrogen and oxygen atoms in total. The first-order valence-corrected chi connectivity index (χ1v) is 7.98. The van der Waals surface area contributed by atoms with Crippen LogP contribution in [0.4, 0.5) is 4.39 Å². The smallest absolute Gasteiger partial charge is 0.348 e. The summed E-state index contributed by atoms with van der Waals surface area (Å²) < 4.78 is 24.2. The lowest BCUT2D eigenvalue weighted by Gasteiger charge is -2.29. The molecule has 2 aromatic rings. The van der Waals surface area contributed by atoms with Crippen LogP contribution in [0.3, 0.4) is 0 Å². The number of benzene rings is 2. The summed E-state index contributed by atoms with van der Waals surface area (Å²) in [5, 5.41) is 8.95. The fourth-order valence-electron chi connectivity index (χ4n) is 2.68. The molecule has 27 heavy (non-hydrogen) atoms. The van der Waals surface area contributed by atoms with Crippen LogP contribution in [0.25, 0.3) is 17.2 Å². The van der Waals surface area contributed by atoms with Crippen LogP contribution in [0, 0.1) is 5.82 Å². The van der Waals surface area contributed by atoms with Gasteiger partial charge >= 0.3 is 17.9 Å². The summed E-state index contributed by atoms with van der Waals surface area (Å²) in [4.78, 5) is 35.2. The molecule has 0 bridgehead atoms. The summed E-state index contributed by atoms with van der Waals surface area (Å²) in [5.74, 6) is -5.25. The van der Waals surface area contributed by atoms with Gasteiger partial charge in [0.15, 0.2) is 0 Å². The average molecular weight is 370 g/mol. The highest BCUT2D eigenvalue weighted by molar-refractivity contribution is 6.19. The summed E-state index contributed by atoms with van der Waals surface area (Å²) in [6.07, 6.45) is 1.30. The van der Waals surface area contributed by atoms with Gasteiger partial charge in [0, 0.05) is 13.8 Å². The maximum atomic E-state index is 14.0. The van der Waals surface area contributed by atoms with E-state index in [1.165, 1.54) is 26.0 Å². The fourth-order valence-corrected chi connectivity index (χ4v) is 2.68. The molecule has 2 aromatic carbocycles. The molecule has 1 fully saturated rings. The fraction of sp³-hybridized carbons (Fsp3) is 0.150. The molecule has 0 saturated carbocycles. The molecule has 1 N–H and O–H groups in total. The van der Waals surface area contributed by atoms with Gasteiger partial charge in [0.25, 0.3) is 5.79 Å². The molecule has 1 saturated heterocycles. The normalized spacial score (nSPS) is 15.7. The molecular weight excluding hydrogens is 355 g/mol. The Bertz CT molecular complexity index is 968. The number of halogens is 1. The van der Waals surface area contributed by atoms with E-state index in [0.717, 1.165) is 12.1 Å². The first kappa shape index (κ1) is 18.3. The van der Waals surface area contributed by atoms with Gasteiger partial charge < -0.3 is 14.6 Å². The molecule has 0 atom stereocenters. The van der Waals surface area contributed by atoms with E-state index in [0.29, 0.717) is 16.7 Å². The second-order valence-corrected chi connectivity index (χ2v) is 6.32. The minimum atomic E-state index is -1.37. The molecule has 0 amide bonds. The third-order valence-electron chi connectivity index (χ3n) is 3.89. The van der Waals surface area contributed by atoms with Crippen molar-refractivity contribution in [1.82, 2.24) is 0 Å². The van der Waals surface area contributed by atoms with Gasteiger partial charge in [0.05, 0.1) is 5.56 Å². The van der Waals surface area contributed by atoms with Crippen LogP contribution in [0.1, 0.15) is 29.8 Å². The minimum Gasteiger partial charge on any atom is -0.478 e. The number of esters is 2. The van der Waals surface area contributed by atoms with Crippen LogP contribution in [-0.2, 0) is 19.1 Å². The van der Waals surface area contributed by atoms with Crippen LogP contribution in [0.5, 0.6) is 0 Å². The molecule has 7 heteroatoms. The Hall–Kier alpha value is -3.48. The molecule has 0 aromatic heterocycles. The zero-order valence-corrected chi connectivity index (χ0v) is 14.5. The first-order valence-electron chi connectivity index (χ1n) is 7.98. The highest BCUT2D eigenvalue weighted by atomic mass is 19.1. The third-order valence-corrected chi connectivity index (χ3v) is 3.89. The molecule has 3 rings (SSSR count). The van der Waals surface area contributed by atoms with Crippen molar-refractivity contribution in [3.05, 3.63) is 65.0 Å². The van der Waals surface area contributed by atoms with E-state index >= 15 is 0 Å². The molecule has 0 aliphatic carbocycles. The Morgan fingerprint density at radius 2 is 1.70 bits per heavy atom. The van der Waals surface area contributed by atoms with Gasteiger partial charge in [0.2, 0.25) is 0 Å². The predicted molar refractivity (Wildman–Crippen MR) is 93.0 cm³/mol. The number of carbonyl (C=O) groups excluding carboxylic acids is 2. The number of carboxylic acid groups (broad SMARTS) is 1. The van der Waals surface area contributed by atoms with Gasteiger partial charge in [-0.1, -0.05) is 30.3 Å². The van der Waals surface area contributed by atoms with Gasteiger partial charge in [-0.3, -0.25) is 0 Å². The van der Waals surface area contributed by atoms with E-state index in [2.05, 4.69) is 0 Å². The van der Waals surface area contributed by atoms with Crippen LogP contribution in [0.15, 0.2) is 48.0 Å². The SMILES string of the molecule is CC1(C)OC(=O)C(=Cc2ccccc2-c2ccc(C(=O)O)c(F)c2)C(=O)O1. The second kappa shape index (κ2) is 6.68. The van der Waals surface area contributed by atoms with E-state index in [4.69, 9.17) is 14.6 Å². The number of carbonyl (C=O) groups is 3. The lowest BCUT2D eigenvalue weighted by atomic mass is 9.96. The Morgan fingerprint density at radius 3 is 2.30 bits per heavy atom. The van der Waals surface area contributed by atoms with E-state index in [1.807, 2.05) is 0 Å². The van der Waals surface area contributed by atoms with Crippen molar-refractivity contribution >= 4 is 24.0 Å². The van der Waals surface area contributed by atoms with Crippen molar-refractivity contribution in [2.45, 2.75) is 19.6 Å². The van der Waals surface area contributed by atoms with E-state index in [9.17, 15) is 18.8 Å². The monoisotopic (exact) mass is 370 g/mol. The standard InChI is InChI=1S/C20H15FO6/c1-20(2)26-18(24)15(19(25)27-20)9-11-5-3-4-6-13(11)12-7-8-14(17(22)23)16(21)10-12/h3-10H,1-2H3,(H,22,23). The summed E-state index contributed by atoms with van der Waals surface area (Å²) >= 11 is 0. The first-order chi connectivity index (χ1) is 12.7. The molecule has 1 heterocycles. The number of rotatable bonds is 3. The molecule has 0 radical (unpaired) electrons. The van der Waals surface area contributed by atoms with Crippen molar-refractivity contribution < 1.29 is 33.4 Å². The minimum absolute atomic E-state index is 0.288. The van der Waals surface area contributed by atoms with Crippen LogP contribution in [-0.4, -0.2) is 28.8 Å². The Balaban J connectivity index is 2.05. The number of hydrogen-bond acceptors (Lipinski definition) is 5. The quantitative estimate of drug-likeness (QED) is 0.506. The summed E-state index contributed by atoms with van der Waals surface area (Å²) in [6.45, 7) is 2.89. The number of ether oxygens (including phenoxy) is 2. The van der Waals surface area contributed by atoms with Gasteiger partial charge in [0.1, 0.15) is 11.4 Å². The maximum Gasteiger partial charge on any atom is 0.348 e. The largest absolute Gasteiger partial charge is 0.478 e. The molecule has 1 aliphatic heterocycles. The second-order valence-electron chi connectivity index (χ2n) is 6.32. The Kier molecular flexibility index (Phi) is 4.53. The van der Waals surface area contributed by atoms with Gasteiger partial charge in [-0.25, -0.2) is 18.8 Å². The molecule has 0 unspecified atom stereocenters. The molecule has 0 spiro atoms. The lowest BCUT2D eigenvalue weighted by molar-refractivity contribution is -0.222. The Labute approximate surface area is 153 Å². The predicted octanol–water partition coefficient (Wildman–Crippen LogP) is 3.41. The average Bonchev–Trinajstić information content (AvgIpc) is 2.57. The van der Waals surface area contributed by atoms with Crippen molar-refractivity contribution in [2.24, 2.45) is 0 Å².